The normalized spacial score (nSPS) is 31.9. The summed E-state index contributed by atoms with van der Waals surface area (Å²) >= 11 is 0. The molecule has 3 rings (SSSR count). The molecule has 2 fully saturated rings. The van der Waals surface area contributed by atoms with E-state index in [-0.39, 0.29) is 23.7 Å². The third kappa shape index (κ3) is 1.73. The Labute approximate surface area is 102 Å². The summed E-state index contributed by atoms with van der Waals surface area (Å²) in [5.74, 6) is -4.31. The van der Waals surface area contributed by atoms with E-state index in [1.807, 2.05) is 0 Å². The average molecular weight is 258 g/mol. The van der Waals surface area contributed by atoms with Crippen molar-refractivity contribution in [2.45, 2.75) is 37.6 Å². The molecule has 0 saturated carbocycles. The minimum Gasteiger partial charge on any atom is -0.388 e. The van der Waals surface area contributed by atoms with E-state index in [0.717, 1.165) is 25.0 Å². The van der Waals surface area contributed by atoms with Gasteiger partial charge in [-0.1, -0.05) is 6.07 Å². The van der Waals surface area contributed by atoms with Crippen LogP contribution in [0.2, 0.25) is 0 Å². The molecular formula is C13H13F3O2. The maximum Gasteiger partial charge on any atom is 0.194 e. The zero-order valence-electron chi connectivity index (χ0n) is 9.57. The van der Waals surface area contributed by atoms with Crippen molar-refractivity contribution in [3.63, 3.8) is 0 Å². The van der Waals surface area contributed by atoms with Gasteiger partial charge in [-0.15, -0.1) is 0 Å². The first-order valence-electron chi connectivity index (χ1n) is 6.05. The second kappa shape index (κ2) is 4.24. The molecular weight excluding hydrogens is 245 g/mol. The molecule has 98 valence electrons. The van der Waals surface area contributed by atoms with Gasteiger partial charge in [0, 0.05) is 11.5 Å². The number of hydrogen-bond donors (Lipinski definition) is 1. The lowest BCUT2D eigenvalue weighted by atomic mass is 9.82. The lowest BCUT2D eigenvalue weighted by Gasteiger charge is -2.24. The molecule has 4 unspecified atom stereocenters. The highest BCUT2D eigenvalue weighted by Crippen LogP contribution is 2.45. The summed E-state index contributed by atoms with van der Waals surface area (Å²) in [7, 11) is 0. The molecule has 2 saturated heterocycles. The molecule has 4 atom stereocenters. The van der Waals surface area contributed by atoms with Gasteiger partial charge in [0.1, 0.15) is 0 Å². The monoisotopic (exact) mass is 258 g/mol. The molecule has 0 aromatic heterocycles. The average Bonchev–Trinajstić information content (AvgIpc) is 2.97. The highest BCUT2D eigenvalue weighted by Gasteiger charge is 2.45. The van der Waals surface area contributed by atoms with Crippen LogP contribution in [0, 0.1) is 23.4 Å². The zero-order valence-corrected chi connectivity index (χ0v) is 9.57. The molecule has 2 aliphatic heterocycles. The first-order valence-corrected chi connectivity index (χ1v) is 6.05. The first-order chi connectivity index (χ1) is 8.58. The topological polar surface area (TPSA) is 29.5 Å². The van der Waals surface area contributed by atoms with Gasteiger partial charge >= 0.3 is 0 Å². The predicted molar refractivity (Wildman–Crippen MR) is 57.3 cm³/mol. The van der Waals surface area contributed by atoms with Crippen LogP contribution in [0.1, 0.15) is 30.9 Å². The van der Waals surface area contributed by atoms with Crippen molar-refractivity contribution in [3.8, 4) is 0 Å². The summed E-state index contributed by atoms with van der Waals surface area (Å²) in [6.07, 6.45) is 1.30. The Morgan fingerprint density at radius 2 is 1.94 bits per heavy atom. The first kappa shape index (κ1) is 12.0. The lowest BCUT2D eigenvalue weighted by Crippen LogP contribution is -2.24. The van der Waals surface area contributed by atoms with Crippen LogP contribution in [-0.4, -0.2) is 17.3 Å². The van der Waals surface area contributed by atoms with Crippen molar-refractivity contribution in [3.05, 3.63) is 35.1 Å². The predicted octanol–water partition coefficient (Wildman–Crippen LogP) is 2.70. The number of benzene rings is 1. The SMILES string of the molecule is OC(c1ccc(F)c(F)c1F)C1CC2CCC1O2. The molecule has 0 radical (unpaired) electrons. The zero-order chi connectivity index (χ0) is 12.9. The van der Waals surface area contributed by atoms with Gasteiger partial charge < -0.3 is 9.84 Å². The van der Waals surface area contributed by atoms with Crippen molar-refractivity contribution in [2.75, 3.05) is 0 Å². The summed E-state index contributed by atoms with van der Waals surface area (Å²) in [5, 5.41) is 10.1. The molecule has 1 N–H and O–H groups in total. The van der Waals surface area contributed by atoms with Crippen molar-refractivity contribution >= 4 is 0 Å². The van der Waals surface area contributed by atoms with Crippen LogP contribution in [0.3, 0.4) is 0 Å². The van der Waals surface area contributed by atoms with E-state index in [9.17, 15) is 18.3 Å². The third-order valence-corrected chi connectivity index (χ3v) is 3.94. The molecule has 1 aromatic rings. The fraction of sp³-hybridized carbons (Fsp3) is 0.538. The number of aliphatic hydroxyl groups is 1. The largest absolute Gasteiger partial charge is 0.388 e. The van der Waals surface area contributed by atoms with E-state index >= 15 is 0 Å². The van der Waals surface area contributed by atoms with Crippen LogP contribution in [0.4, 0.5) is 13.2 Å². The van der Waals surface area contributed by atoms with Crippen LogP contribution in [0.5, 0.6) is 0 Å². The van der Waals surface area contributed by atoms with Crippen LogP contribution in [0.25, 0.3) is 0 Å². The van der Waals surface area contributed by atoms with Crippen molar-refractivity contribution in [2.24, 2.45) is 5.92 Å². The summed E-state index contributed by atoms with van der Waals surface area (Å²) < 4.78 is 45.1. The van der Waals surface area contributed by atoms with Gasteiger partial charge in [0.05, 0.1) is 18.3 Å². The number of aliphatic hydroxyl groups excluding tert-OH is 1. The molecule has 18 heavy (non-hydrogen) atoms. The second-order valence-corrected chi connectivity index (χ2v) is 4.98. The Morgan fingerprint density at radius 1 is 1.17 bits per heavy atom. The van der Waals surface area contributed by atoms with Gasteiger partial charge in [-0.05, 0) is 25.3 Å². The minimum atomic E-state index is -1.53. The van der Waals surface area contributed by atoms with Crippen molar-refractivity contribution in [1.82, 2.24) is 0 Å². The van der Waals surface area contributed by atoms with Crippen LogP contribution < -0.4 is 0 Å². The van der Waals surface area contributed by atoms with Crippen LogP contribution >= 0.6 is 0 Å². The maximum atomic E-state index is 13.6. The van der Waals surface area contributed by atoms with Gasteiger partial charge in [-0.25, -0.2) is 13.2 Å². The molecule has 0 aliphatic carbocycles. The Morgan fingerprint density at radius 3 is 2.56 bits per heavy atom. The molecule has 0 spiro atoms. The highest BCUT2D eigenvalue weighted by atomic mass is 19.2. The number of fused-ring (bicyclic) bond motifs is 2. The summed E-state index contributed by atoms with van der Waals surface area (Å²) in [5.41, 5.74) is -0.185. The van der Waals surface area contributed by atoms with E-state index in [0.29, 0.717) is 6.42 Å². The van der Waals surface area contributed by atoms with E-state index in [1.165, 1.54) is 0 Å². The Balaban J connectivity index is 1.89. The molecule has 2 aliphatic rings. The van der Waals surface area contributed by atoms with Gasteiger partial charge in [-0.3, -0.25) is 0 Å². The standard InChI is InChI=1S/C13H13F3O2/c14-9-3-2-7(11(15)12(9)16)13(17)8-5-6-1-4-10(8)18-6/h2-3,6,8,10,13,17H,1,4-5H2. The molecule has 2 bridgehead atoms. The van der Waals surface area contributed by atoms with Crippen molar-refractivity contribution < 1.29 is 23.0 Å². The van der Waals surface area contributed by atoms with E-state index in [1.54, 1.807) is 0 Å². The Hall–Kier alpha value is -1.07. The molecule has 1 aromatic carbocycles. The number of halogens is 3. The fourth-order valence-electron chi connectivity index (χ4n) is 3.01. The van der Waals surface area contributed by atoms with Gasteiger partial charge in [-0.2, -0.15) is 0 Å². The molecule has 5 heteroatoms. The quantitative estimate of drug-likeness (QED) is 0.826. The van der Waals surface area contributed by atoms with Crippen molar-refractivity contribution in [1.29, 1.82) is 0 Å². The number of rotatable bonds is 2. The lowest BCUT2D eigenvalue weighted by molar-refractivity contribution is 0.0402. The van der Waals surface area contributed by atoms with E-state index in [4.69, 9.17) is 4.74 Å². The maximum absolute atomic E-state index is 13.6. The van der Waals surface area contributed by atoms with Crippen LogP contribution in [-0.2, 0) is 4.74 Å². The smallest absolute Gasteiger partial charge is 0.194 e. The summed E-state index contributed by atoms with van der Waals surface area (Å²) in [6.45, 7) is 0. The van der Waals surface area contributed by atoms with Crippen LogP contribution in [0.15, 0.2) is 12.1 Å². The molecule has 2 heterocycles. The minimum absolute atomic E-state index is 0.0995. The molecule has 0 amide bonds. The molecule has 2 nitrogen and oxygen atoms in total. The fourth-order valence-corrected chi connectivity index (χ4v) is 3.01. The summed E-state index contributed by atoms with van der Waals surface area (Å²) in [6, 6.07) is 1.94. The Bertz CT molecular complexity index is 478. The summed E-state index contributed by atoms with van der Waals surface area (Å²) in [4.78, 5) is 0. The number of ether oxygens (including phenoxy) is 1. The second-order valence-electron chi connectivity index (χ2n) is 4.98. The van der Waals surface area contributed by atoms with E-state index in [2.05, 4.69) is 0 Å². The Kier molecular flexibility index (Phi) is 2.83. The highest BCUT2D eigenvalue weighted by molar-refractivity contribution is 5.24. The van der Waals surface area contributed by atoms with Gasteiger partial charge in [0.25, 0.3) is 0 Å². The van der Waals surface area contributed by atoms with Gasteiger partial charge in [0.15, 0.2) is 17.5 Å². The third-order valence-electron chi connectivity index (χ3n) is 3.94. The number of hydrogen-bond acceptors (Lipinski definition) is 2. The van der Waals surface area contributed by atoms with Gasteiger partial charge in [0.2, 0.25) is 0 Å². The van der Waals surface area contributed by atoms with E-state index < -0.39 is 23.6 Å².